The van der Waals surface area contributed by atoms with Gasteiger partial charge in [0.25, 0.3) is 11.8 Å². The van der Waals surface area contributed by atoms with Crippen LogP contribution in [0.4, 0.5) is 0 Å². The van der Waals surface area contributed by atoms with E-state index in [4.69, 9.17) is 15.6 Å². The zero-order valence-electron chi connectivity index (χ0n) is 15.0. The highest BCUT2D eigenvalue weighted by molar-refractivity contribution is 5.96. The summed E-state index contributed by atoms with van der Waals surface area (Å²) < 4.78 is 5.69. The number of carboxylic acid groups (broad SMARTS) is 1. The van der Waals surface area contributed by atoms with Crippen molar-refractivity contribution in [2.75, 3.05) is 13.1 Å². The number of para-hydroxylation sites is 1. The molecule has 0 bridgehead atoms. The van der Waals surface area contributed by atoms with Crippen LogP contribution in [0.1, 0.15) is 32.7 Å². The first kappa shape index (κ1) is 21.2. The van der Waals surface area contributed by atoms with Gasteiger partial charge in [-0.05, 0) is 36.2 Å². The summed E-state index contributed by atoms with van der Waals surface area (Å²) in [6.45, 7) is 0.826. The molecule has 1 fully saturated rings. The lowest BCUT2D eigenvalue weighted by Gasteiger charge is -2.16. The number of hydrogen-bond donors (Lipinski definition) is 2. The molecule has 28 heavy (non-hydrogen) atoms. The molecule has 1 aliphatic heterocycles. The molecule has 3 rings (SSSR count). The summed E-state index contributed by atoms with van der Waals surface area (Å²) in [5.41, 5.74) is 6.87. The van der Waals surface area contributed by atoms with E-state index in [1.54, 1.807) is 47.4 Å². The van der Waals surface area contributed by atoms with Crippen molar-refractivity contribution in [2.24, 2.45) is 11.7 Å². The van der Waals surface area contributed by atoms with Crippen molar-refractivity contribution in [2.45, 2.75) is 13.0 Å². The van der Waals surface area contributed by atoms with Crippen LogP contribution in [0.3, 0.4) is 0 Å². The number of benzene rings is 2. The number of likely N-dealkylation sites (tertiary alicyclic amines) is 1. The monoisotopic (exact) mass is 404 g/mol. The molecule has 1 unspecified atom stereocenters. The standard InChI is InChI=1S/C20H20N2O5.ClH/c21-18(23)16-6-1-2-7-17(16)27-12-13-4-3-5-14(10-13)19(24)22-9-8-15(11-22)20(25)26;/h1-7,10,15H,8-9,11-12H2,(H2,21,23)(H,25,26);1H. The Morgan fingerprint density at radius 3 is 2.57 bits per heavy atom. The predicted molar refractivity (Wildman–Crippen MR) is 105 cm³/mol. The summed E-state index contributed by atoms with van der Waals surface area (Å²) in [4.78, 5) is 36.7. The van der Waals surface area contributed by atoms with Crippen LogP contribution >= 0.6 is 12.4 Å². The molecule has 1 aliphatic rings. The highest BCUT2D eigenvalue weighted by atomic mass is 35.5. The van der Waals surface area contributed by atoms with Gasteiger partial charge in [-0.3, -0.25) is 14.4 Å². The zero-order valence-corrected chi connectivity index (χ0v) is 15.9. The minimum Gasteiger partial charge on any atom is -0.488 e. The molecule has 2 amide bonds. The van der Waals surface area contributed by atoms with Gasteiger partial charge in [0.15, 0.2) is 0 Å². The lowest BCUT2D eigenvalue weighted by molar-refractivity contribution is -0.141. The van der Waals surface area contributed by atoms with Gasteiger partial charge in [-0.2, -0.15) is 0 Å². The first-order valence-corrected chi connectivity index (χ1v) is 8.58. The second kappa shape index (κ2) is 9.23. The minimum absolute atomic E-state index is 0. The molecule has 1 saturated heterocycles. The second-order valence-electron chi connectivity index (χ2n) is 6.42. The Morgan fingerprint density at radius 1 is 1.14 bits per heavy atom. The lowest BCUT2D eigenvalue weighted by atomic mass is 10.1. The highest BCUT2D eigenvalue weighted by Gasteiger charge is 2.31. The molecule has 148 valence electrons. The number of aliphatic carboxylic acids is 1. The van der Waals surface area contributed by atoms with E-state index in [0.717, 1.165) is 5.56 Å². The van der Waals surface area contributed by atoms with Crippen LogP contribution in [0.2, 0.25) is 0 Å². The van der Waals surface area contributed by atoms with E-state index >= 15 is 0 Å². The molecule has 0 radical (unpaired) electrons. The largest absolute Gasteiger partial charge is 0.488 e. The van der Waals surface area contributed by atoms with Gasteiger partial charge in [0.1, 0.15) is 12.4 Å². The Balaban J connectivity index is 0.00000280. The van der Waals surface area contributed by atoms with E-state index in [2.05, 4.69) is 0 Å². The van der Waals surface area contributed by atoms with Crippen molar-refractivity contribution in [3.05, 3.63) is 65.2 Å². The number of ether oxygens (including phenoxy) is 1. The molecule has 0 spiro atoms. The predicted octanol–water partition coefficient (Wildman–Crippen LogP) is 2.33. The number of hydrogen-bond acceptors (Lipinski definition) is 4. The SMILES string of the molecule is Cl.NC(=O)c1ccccc1OCc1cccc(C(=O)N2CCC(C(=O)O)C2)c1. The maximum atomic E-state index is 12.6. The molecular weight excluding hydrogens is 384 g/mol. The Morgan fingerprint density at radius 2 is 1.89 bits per heavy atom. The summed E-state index contributed by atoms with van der Waals surface area (Å²) in [5.74, 6) is -1.77. The molecule has 0 aromatic heterocycles. The van der Waals surface area contributed by atoms with Crippen molar-refractivity contribution in [3.63, 3.8) is 0 Å². The van der Waals surface area contributed by atoms with Crippen LogP contribution in [-0.4, -0.2) is 40.9 Å². The Bertz CT molecular complexity index is 886. The normalized spacial score (nSPS) is 15.6. The fraction of sp³-hybridized carbons (Fsp3) is 0.250. The van der Waals surface area contributed by atoms with Gasteiger partial charge in [0, 0.05) is 18.7 Å². The van der Waals surface area contributed by atoms with Crippen molar-refractivity contribution in [1.82, 2.24) is 4.90 Å². The molecule has 2 aromatic rings. The molecular formula is C20H21ClN2O5. The van der Waals surface area contributed by atoms with Gasteiger partial charge in [-0.15, -0.1) is 12.4 Å². The summed E-state index contributed by atoms with van der Waals surface area (Å²) in [6.07, 6.45) is 0.466. The van der Waals surface area contributed by atoms with Gasteiger partial charge in [-0.25, -0.2) is 0 Å². The first-order valence-electron chi connectivity index (χ1n) is 8.58. The third-order valence-electron chi connectivity index (χ3n) is 4.55. The second-order valence-corrected chi connectivity index (χ2v) is 6.42. The molecule has 7 nitrogen and oxygen atoms in total. The van der Waals surface area contributed by atoms with E-state index < -0.39 is 17.8 Å². The van der Waals surface area contributed by atoms with Crippen LogP contribution in [-0.2, 0) is 11.4 Å². The van der Waals surface area contributed by atoms with Gasteiger partial charge in [0.2, 0.25) is 0 Å². The van der Waals surface area contributed by atoms with Gasteiger partial charge in [-0.1, -0.05) is 24.3 Å². The number of carboxylic acids is 1. The third kappa shape index (κ3) is 4.80. The maximum absolute atomic E-state index is 12.6. The summed E-state index contributed by atoms with van der Waals surface area (Å²) in [6, 6.07) is 13.7. The van der Waals surface area contributed by atoms with E-state index in [1.165, 1.54) is 0 Å². The molecule has 3 N–H and O–H groups in total. The average molecular weight is 405 g/mol. The van der Waals surface area contributed by atoms with Crippen LogP contribution < -0.4 is 10.5 Å². The molecule has 0 aliphatic carbocycles. The Labute approximate surface area is 168 Å². The van der Waals surface area contributed by atoms with Crippen molar-refractivity contribution in [3.8, 4) is 5.75 Å². The van der Waals surface area contributed by atoms with Gasteiger partial charge in [0.05, 0.1) is 11.5 Å². The number of carbonyl (C=O) groups excluding carboxylic acids is 2. The molecule has 2 aromatic carbocycles. The molecule has 1 atom stereocenters. The van der Waals surface area contributed by atoms with Crippen LogP contribution in [0.15, 0.2) is 48.5 Å². The van der Waals surface area contributed by atoms with Crippen LogP contribution in [0.5, 0.6) is 5.75 Å². The van der Waals surface area contributed by atoms with Crippen LogP contribution in [0.25, 0.3) is 0 Å². The Kier molecular flexibility index (Phi) is 7.00. The lowest BCUT2D eigenvalue weighted by Crippen LogP contribution is -2.30. The fourth-order valence-corrected chi connectivity index (χ4v) is 3.08. The van der Waals surface area contributed by atoms with E-state index in [-0.39, 0.29) is 31.5 Å². The number of nitrogens with zero attached hydrogens (tertiary/aromatic N) is 1. The van der Waals surface area contributed by atoms with E-state index in [0.29, 0.717) is 29.8 Å². The highest BCUT2D eigenvalue weighted by Crippen LogP contribution is 2.21. The number of amides is 2. The van der Waals surface area contributed by atoms with Gasteiger partial charge < -0.3 is 20.5 Å². The Hall–Kier alpha value is -3.06. The number of nitrogens with two attached hydrogens (primary N) is 1. The molecule has 8 heteroatoms. The number of carbonyl (C=O) groups is 3. The van der Waals surface area contributed by atoms with Crippen molar-refractivity contribution >= 4 is 30.2 Å². The van der Waals surface area contributed by atoms with E-state index in [9.17, 15) is 14.4 Å². The number of rotatable bonds is 6. The summed E-state index contributed by atoms with van der Waals surface area (Å²) >= 11 is 0. The van der Waals surface area contributed by atoms with Crippen molar-refractivity contribution in [1.29, 1.82) is 0 Å². The quantitative estimate of drug-likeness (QED) is 0.767. The van der Waals surface area contributed by atoms with E-state index in [1.807, 2.05) is 6.07 Å². The smallest absolute Gasteiger partial charge is 0.308 e. The fourth-order valence-electron chi connectivity index (χ4n) is 3.08. The zero-order chi connectivity index (χ0) is 19.4. The number of halogens is 1. The summed E-state index contributed by atoms with van der Waals surface area (Å²) in [7, 11) is 0. The molecule has 1 heterocycles. The van der Waals surface area contributed by atoms with Gasteiger partial charge >= 0.3 is 5.97 Å². The topological polar surface area (TPSA) is 110 Å². The minimum atomic E-state index is -0.874. The van der Waals surface area contributed by atoms with Crippen molar-refractivity contribution < 1.29 is 24.2 Å². The van der Waals surface area contributed by atoms with Crippen LogP contribution in [0, 0.1) is 5.92 Å². The average Bonchev–Trinajstić information content (AvgIpc) is 3.16. The summed E-state index contributed by atoms with van der Waals surface area (Å²) in [5, 5.41) is 9.08. The molecule has 0 saturated carbocycles. The third-order valence-corrected chi connectivity index (χ3v) is 4.55. The maximum Gasteiger partial charge on any atom is 0.308 e. The number of primary amides is 1. The first-order chi connectivity index (χ1) is 13.0.